The normalized spacial score (nSPS) is 28.0. The van der Waals surface area contributed by atoms with Crippen molar-refractivity contribution in [3.05, 3.63) is 82.0 Å². The Morgan fingerprint density at radius 2 is 1.50 bits per heavy atom. The van der Waals surface area contributed by atoms with Crippen LogP contribution in [0.15, 0.2) is 69.9 Å². The summed E-state index contributed by atoms with van der Waals surface area (Å²) in [4.78, 5) is 26.0. The smallest absolute Gasteiger partial charge is 0.330 e. The predicted molar refractivity (Wildman–Crippen MR) is 191 cm³/mol. The lowest BCUT2D eigenvalue weighted by Gasteiger charge is -2.46. The number of phenolic OH excluding ortho intramolecular Hbond substituents is 3. The zero-order valence-corrected chi connectivity index (χ0v) is 29.7. The Morgan fingerprint density at radius 1 is 0.804 bits per heavy atom. The monoisotopic (exact) mass is 784 g/mol. The van der Waals surface area contributed by atoms with E-state index in [-0.39, 0.29) is 45.3 Å². The van der Waals surface area contributed by atoms with Gasteiger partial charge in [0.05, 0.1) is 26.4 Å². The van der Waals surface area contributed by atoms with Gasteiger partial charge in [0.2, 0.25) is 0 Å². The summed E-state index contributed by atoms with van der Waals surface area (Å²) >= 11 is 0. The number of benzene rings is 3. The summed E-state index contributed by atoms with van der Waals surface area (Å²) in [5.74, 6) is -1.70. The first kappa shape index (κ1) is 40.4. The third-order valence-corrected chi connectivity index (χ3v) is 9.48. The number of aliphatic hydroxyl groups excluding tert-OH is 6. The minimum Gasteiger partial charge on any atom is -0.508 e. The molecule has 6 rings (SSSR count). The summed E-state index contributed by atoms with van der Waals surface area (Å²) in [5.41, 5.74) is -0.256. The van der Waals surface area contributed by atoms with Crippen molar-refractivity contribution in [1.82, 2.24) is 0 Å². The second-order valence-electron chi connectivity index (χ2n) is 13.0. The molecule has 2 fully saturated rings. The predicted octanol–water partition coefficient (Wildman–Crippen LogP) is 0.197. The van der Waals surface area contributed by atoms with Crippen LogP contribution >= 0.6 is 0 Å². The fourth-order valence-electron chi connectivity index (χ4n) is 6.48. The third kappa shape index (κ3) is 8.01. The number of ether oxygens (including phenoxy) is 6. The van der Waals surface area contributed by atoms with Crippen LogP contribution in [-0.4, -0.2) is 134 Å². The summed E-state index contributed by atoms with van der Waals surface area (Å²) < 4.78 is 39.2. The van der Waals surface area contributed by atoms with E-state index in [9.17, 15) is 55.5 Å². The van der Waals surface area contributed by atoms with Crippen molar-refractivity contribution in [2.24, 2.45) is 0 Å². The van der Waals surface area contributed by atoms with Crippen molar-refractivity contribution in [2.45, 2.75) is 61.2 Å². The van der Waals surface area contributed by atoms with Crippen molar-refractivity contribution < 1.29 is 83.6 Å². The van der Waals surface area contributed by atoms with E-state index in [1.165, 1.54) is 68.8 Å². The molecule has 0 aliphatic carbocycles. The average molecular weight is 785 g/mol. The number of carbonyl (C=O) groups excluding carboxylic acids is 1. The van der Waals surface area contributed by atoms with E-state index in [2.05, 4.69) is 0 Å². The van der Waals surface area contributed by atoms with Crippen molar-refractivity contribution in [3.8, 4) is 40.1 Å². The van der Waals surface area contributed by atoms with Crippen LogP contribution in [0.5, 0.6) is 28.7 Å². The van der Waals surface area contributed by atoms with Gasteiger partial charge in [-0.3, -0.25) is 4.79 Å². The Hall–Kier alpha value is -5.28. The Balaban J connectivity index is 1.28. The number of hydrogen-bond acceptors (Lipinski definition) is 18. The highest BCUT2D eigenvalue weighted by atomic mass is 16.7. The molecule has 0 saturated carbocycles. The molecular weight excluding hydrogens is 744 g/mol. The fourth-order valence-corrected chi connectivity index (χ4v) is 6.48. The highest BCUT2D eigenvalue weighted by Crippen LogP contribution is 2.46. The van der Waals surface area contributed by atoms with Crippen LogP contribution in [0.1, 0.15) is 17.2 Å². The summed E-state index contributed by atoms with van der Waals surface area (Å²) in [6.45, 7) is -1.50. The van der Waals surface area contributed by atoms with Gasteiger partial charge in [0.15, 0.2) is 23.2 Å². The first-order valence-electron chi connectivity index (χ1n) is 17.1. The average Bonchev–Trinajstić information content (AvgIpc) is 3.19. The zero-order valence-electron chi connectivity index (χ0n) is 29.7. The molecule has 10 atom stereocenters. The van der Waals surface area contributed by atoms with Gasteiger partial charge >= 0.3 is 5.97 Å². The first-order valence-corrected chi connectivity index (χ1v) is 17.1. The van der Waals surface area contributed by atoms with Crippen LogP contribution in [-0.2, 0) is 23.7 Å². The quantitative estimate of drug-likeness (QED) is 0.0725. The first-order chi connectivity index (χ1) is 26.8. The molecule has 3 aromatic carbocycles. The Kier molecular flexibility index (Phi) is 12.1. The van der Waals surface area contributed by atoms with E-state index in [1.54, 1.807) is 0 Å². The molecule has 2 saturated heterocycles. The van der Waals surface area contributed by atoms with Gasteiger partial charge in [0.1, 0.15) is 95.5 Å². The minimum atomic E-state index is -2.00. The topological polar surface area (TPSA) is 285 Å². The molecule has 56 heavy (non-hydrogen) atoms. The number of fused-ring (bicyclic) bond motifs is 1. The van der Waals surface area contributed by atoms with E-state index < -0.39 is 91.6 Å². The number of aromatic hydroxyl groups is 3. The lowest BCUT2D eigenvalue weighted by atomic mass is 9.89. The van der Waals surface area contributed by atoms with Crippen LogP contribution in [0.2, 0.25) is 0 Å². The van der Waals surface area contributed by atoms with E-state index in [1.807, 2.05) is 0 Å². The Labute approximate surface area is 317 Å². The van der Waals surface area contributed by atoms with Gasteiger partial charge in [-0.2, -0.15) is 0 Å². The summed E-state index contributed by atoms with van der Waals surface area (Å²) in [5, 5.41) is 95.2. The molecule has 2 aliphatic heterocycles. The Morgan fingerprint density at radius 3 is 2.18 bits per heavy atom. The number of esters is 1. The van der Waals surface area contributed by atoms with E-state index in [0.29, 0.717) is 11.1 Å². The minimum absolute atomic E-state index is 0.0214. The van der Waals surface area contributed by atoms with Gasteiger partial charge in [-0.25, -0.2) is 4.79 Å². The molecule has 0 amide bonds. The molecular formula is C38H40O18. The summed E-state index contributed by atoms with van der Waals surface area (Å²) in [6.07, 6.45) is -15.5. The molecule has 0 unspecified atom stereocenters. The SMILES string of the molecule is COc1cc(C=CC(=O)OC[C@H]2O[C@@H](O[C@@H]3[C@H](O)[C@H](O)[C@@H](CO)O[C@@H]3c3c(OC)cc4oc(-c5ccc(O)cc5)cc(=O)c4c3O)[C@H](O)[C@H](O)[C@@H]2O)ccc1O. The largest absolute Gasteiger partial charge is 0.508 e. The molecule has 0 radical (unpaired) electrons. The van der Waals surface area contributed by atoms with Gasteiger partial charge in [-0.05, 0) is 48.0 Å². The lowest BCUT2D eigenvalue weighted by Crippen LogP contribution is -2.63. The van der Waals surface area contributed by atoms with Crippen molar-refractivity contribution in [3.63, 3.8) is 0 Å². The molecule has 2 aliphatic rings. The zero-order chi connectivity index (χ0) is 40.4. The molecule has 0 spiro atoms. The van der Waals surface area contributed by atoms with Gasteiger partial charge in [-0.15, -0.1) is 0 Å². The maximum atomic E-state index is 13.5. The van der Waals surface area contributed by atoms with Crippen LogP contribution in [0.25, 0.3) is 28.4 Å². The number of hydrogen-bond donors (Lipinski definition) is 9. The fraction of sp³-hybridized carbons (Fsp3) is 0.368. The number of aliphatic hydroxyl groups is 6. The number of methoxy groups -OCH3 is 2. The van der Waals surface area contributed by atoms with Crippen molar-refractivity contribution in [1.29, 1.82) is 0 Å². The molecule has 300 valence electrons. The molecule has 18 heteroatoms. The van der Waals surface area contributed by atoms with Crippen molar-refractivity contribution in [2.75, 3.05) is 27.4 Å². The lowest BCUT2D eigenvalue weighted by molar-refractivity contribution is -0.342. The molecule has 1 aromatic heterocycles. The Bertz CT molecular complexity index is 2110. The summed E-state index contributed by atoms with van der Waals surface area (Å²) in [7, 11) is 2.57. The van der Waals surface area contributed by atoms with Crippen LogP contribution in [0.3, 0.4) is 0 Å². The molecule has 18 nitrogen and oxygen atoms in total. The number of carbonyl (C=O) groups is 1. The maximum absolute atomic E-state index is 13.5. The number of rotatable bonds is 11. The highest BCUT2D eigenvalue weighted by Gasteiger charge is 2.52. The maximum Gasteiger partial charge on any atom is 0.330 e. The third-order valence-electron chi connectivity index (χ3n) is 9.48. The second kappa shape index (κ2) is 16.8. The van der Waals surface area contributed by atoms with Gasteiger partial charge in [0, 0.05) is 23.8 Å². The van der Waals surface area contributed by atoms with Crippen LogP contribution < -0.4 is 14.9 Å². The van der Waals surface area contributed by atoms with E-state index in [4.69, 9.17) is 32.8 Å². The van der Waals surface area contributed by atoms with Gasteiger partial charge in [-0.1, -0.05) is 6.07 Å². The molecule has 9 N–H and O–H groups in total. The van der Waals surface area contributed by atoms with Crippen LogP contribution in [0.4, 0.5) is 0 Å². The highest BCUT2D eigenvalue weighted by molar-refractivity contribution is 5.88. The van der Waals surface area contributed by atoms with Crippen LogP contribution in [0, 0.1) is 0 Å². The van der Waals surface area contributed by atoms with E-state index in [0.717, 1.165) is 12.1 Å². The standard InChI is InChI=1S/C38H40O18/c1-50-22-11-16(3-9-19(22)41)4-10-27(43)52-15-26-31(45)33(47)35(49)38(55-26)56-37-34(48)30(44)25(14-39)54-36(37)29-23(51-2)13-24-28(32(29)46)20(42)12-21(53-24)17-5-7-18(40)8-6-17/h3-13,25-26,30-31,33-41,44-49H,14-15H2,1-2H3/t25-,26-,30-,31-,33-,34-,35-,36-,37-,38+/m1/s1. The molecule has 0 bridgehead atoms. The molecule has 3 heterocycles. The van der Waals surface area contributed by atoms with Gasteiger partial charge in [0.25, 0.3) is 0 Å². The van der Waals surface area contributed by atoms with E-state index >= 15 is 0 Å². The number of phenols is 3. The second-order valence-corrected chi connectivity index (χ2v) is 13.0. The van der Waals surface area contributed by atoms with Gasteiger partial charge < -0.3 is 78.8 Å². The summed E-state index contributed by atoms with van der Waals surface area (Å²) in [6, 6.07) is 12.5. The molecule has 4 aromatic rings. The van der Waals surface area contributed by atoms with Crippen molar-refractivity contribution >= 4 is 23.0 Å².